The van der Waals surface area contributed by atoms with Crippen molar-refractivity contribution >= 4 is 47.4 Å². The van der Waals surface area contributed by atoms with E-state index in [1.54, 1.807) is 0 Å². The van der Waals surface area contributed by atoms with Crippen molar-refractivity contribution in [3.8, 4) is 0 Å². The van der Waals surface area contributed by atoms with Gasteiger partial charge in [-0.2, -0.15) is 5.10 Å². The van der Waals surface area contributed by atoms with Crippen molar-refractivity contribution in [2.75, 3.05) is 79.0 Å². The lowest BCUT2D eigenvalue weighted by Crippen LogP contribution is -2.64. The molecule has 21 nitrogen and oxygen atoms in total. The lowest BCUT2D eigenvalue weighted by Gasteiger charge is -2.42. The predicted octanol–water partition coefficient (Wildman–Crippen LogP) is -1.25. The van der Waals surface area contributed by atoms with E-state index in [9.17, 15) is 44.1 Å². The zero-order valence-electron chi connectivity index (χ0n) is 36.1. The monoisotopic (exact) mass is 883 g/mol. The first kappa shape index (κ1) is 53.8. The standard InChI is InChI=1S/C41H70N8O13/c1-30(51)47-39-32(62-33(29-50)40(57)41(39)58)27-31(48-42)28-43-18-21-59-23-25-61-26-24-60-22-19-46-36(54)13-10-16-44-34(52)11-8-6-4-2-3-5-7-9-12-35(53)45-17-20-49-37(55)14-15-38(49)56/h14-15,28,32-33,39-41,50,57-58H,2-13,16-27,29,42H2,1H3,(H,44,52)(H,45,53)(H,46,54)(H,47,51)/t32-,33-,39+,40+,41-/m1/s1. The number of nitrogens with zero attached hydrogens (tertiary/aromatic N) is 3. The molecule has 2 aliphatic rings. The number of unbranched alkanes of at least 4 members (excludes halogenated alkanes) is 7. The molecule has 0 aromatic heterocycles. The summed E-state index contributed by atoms with van der Waals surface area (Å²) in [7, 11) is 0. The van der Waals surface area contributed by atoms with Gasteiger partial charge in [0.1, 0.15) is 18.3 Å². The smallest absolute Gasteiger partial charge is 0.253 e. The maximum Gasteiger partial charge on any atom is 0.253 e. The molecule has 0 spiro atoms. The number of imide groups is 1. The number of aliphatic imine (C=N–C) groups is 1. The van der Waals surface area contributed by atoms with Gasteiger partial charge in [-0.15, -0.1) is 0 Å². The number of hydrogen-bond acceptors (Lipinski definition) is 16. The van der Waals surface area contributed by atoms with E-state index in [4.69, 9.17) is 24.8 Å². The summed E-state index contributed by atoms with van der Waals surface area (Å²) in [5, 5.41) is 44.8. The summed E-state index contributed by atoms with van der Waals surface area (Å²) in [5.41, 5.74) is 0.319. The van der Waals surface area contributed by atoms with Gasteiger partial charge in [0.15, 0.2) is 0 Å². The third-order valence-electron chi connectivity index (χ3n) is 9.91. The number of nitrogens with one attached hydrogen (secondary N) is 4. The largest absolute Gasteiger partial charge is 0.394 e. The van der Waals surface area contributed by atoms with Crippen molar-refractivity contribution in [3.05, 3.63) is 12.2 Å². The van der Waals surface area contributed by atoms with Crippen LogP contribution in [0.1, 0.15) is 90.4 Å². The average molecular weight is 883 g/mol. The predicted molar refractivity (Wildman–Crippen MR) is 228 cm³/mol. The van der Waals surface area contributed by atoms with Crippen molar-refractivity contribution in [1.29, 1.82) is 0 Å². The Morgan fingerprint density at radius 3 is 1.81 bits per heavy atom. The second kappa shape index (κ2) is 33.2. The summed E-state index contributed by atoms with van der Waals surface area (Å²) in [6, 6.07) is -0.943. The molecule has 62 heavy (non-hydrogen) atoms. The molecular weight excluding hydrogens is 812 g/mol. The number of hydrogen-bond donors (Lipinski definition) is 8. The second-order valence-corrected chi connectivity index (χ2v) is 14.9. The highest BCUT2D eigenvalue weighted by atomic mass is 16.5. The van der Waals surface area contributed by atoms with Crippen LogP contribution in [0.25, 0.3) is 0 Å². The SMILES string of the molecule is CC(=O)N[C@@H]1[C@@H](O)[C@@H](O)[C@@H](CO)O[C@@H]1CC(C=NCCOCCOCCOCCNC(=O)CCCNC(=O)CCCCCCCCCCC(=O)NCCN1C(=O)C=CC1=O)=NN. The highest BCUT2D eigenvalue weighted by Gasteiger charge is 2.44. The van der Waals surface area contributed by atoms with Gasteiger partial charge in [0.05, 0.1) is 70.7 Å². The molecule has 21 heteroatoms. The van der Waals surface area contributed by atoms with Gasteiger partial charge in [0.25, 0.3) is 11.8 Å². The summed E-state index contributed by atoms with van der Waals surface area (Å²) in [6.45, 7) is 4.36. The summed E-state index contributed by atoms with van der Waals surface area (Å²) in [4.78, 5) is 76.1. The summed E-state index contributed by atoms with van der Waals surface area (Å²) in [5.74, 6) is 4.18. The van der Waals surface area contributed by atoms with Gasteiger partial charge < -0.3 is 61.4 Å². The molecule has 0 aromatic carbocycles. The Labute approximate surface area is 364 Å². The number of aliphatic hydroxyl groups is 3. The molecule has 0 unspecified atom stereocenters. The van der Waals surface area contributed by atoms with Gasteiger partial charge in [-0.3, -0.25) is 38.7 Å². The van der Waals surface area contributed by atoms with Crippen LogP contribution in [-0.2, 0) is 47.7 Å². The zero-order valence-corrected chi connectivity index (χ0v) is 36.1. The molecule has 0 bridgehead atoms. The molecule has 0 saturated carbocycles. The van der Waals surface area contributed by atoms with Crippen LogP contribution in [-0.4, -0.2) is 177 Å². The Balaban J connectivity index is 1.33. The fourth-order valence-corrected chi connectivity index (χ4v) is 6.55. The van der Waals surface area contributed by atoms with Gasteiger partial charge in [0, 0.05) is 77.2 Å². The lowest BCUT2D eigenvalue weighted by atomic mass is 9.90. The molecule has 1 fully saturated rings. The van der Waals surface area contributed by atoms with E-state index in [-0.39, 0.29) is 49.0 Å². The first-order valence-electron chi connectivity index (χ1n) is 21.7. The topological polar surface area (TPSA) is 302 Å². The highest BCUT2D eigenvalue weighted by Crippen LogP contribution is 2.23. The maximum absolute atomic E-state index is 12.1. The van der Waals surface area contributed by atoms with Crippen LogP contribution in [0.4, 0.5) is 0 Å². The summed E-state index contributed by atoms with van der Waals surface area (Å²) >= 11 is 0. The number of ether oxygens (including phenoxy) is 4. The molecule has 9 N–H and O–H groups in total. The number of amides is 6. The molecule has 0 radical (unpaired) electrons. The van der Waals surface area contributed by atoms with Crippen LogP contribution in [0.5, 0.6) is 0 Å². The number of carbonyl (C=O) groups excluding carboxylic acids is 6. The van der Waals surface area contributed by atoms with Crippen molar-refractivity contribution in [2.45, 2.75) is 121 Å². The van der Waals surface area contributed by atoms with Crippen LogP contribution >= 0.6 is 0 Å². The van der Waals surface area contributed by atoms with Gasteiger partial charge in [-0.1, -0.05) is 38.5 Å². The van der Waals surface area contributed by atoms with Crippen molar-refractivity contribution in [2.24, 2.45) is 15.9 Å². The lowest BCUT2D eigenvalue weighted by molar-refractivity contribution is -0.193. The van der Waals surface area contributed by atoms with Crippen LogP contribution in [0.3, 0.4) is 0 Å². The van der Waals surface area contributed by atoms with Gasteiger partial charge in [-0.05, 0) is 19.3 Å². The molecule has 0 aliphatic carbocycles. The Hall–Kier alpha value is -4.38. The first-order chi connectivity index (χ1) is 30.0. The normalized spacial score (nSPS) is 20.2. The van der Waals surface area contributed by atoms with Gasteiger partial charge >= 0.3 is 0 Å². The van der Waals surface area contributed by atoms with E-state index >= 15 is 0 Å². The molecule has 1 saturated heterocycles. The average Bonchev–Trinajstić information content (AvgIpc) is 3.57. The quantitative estimate of drug-likeness (QED) is 0.0121. The molecule has 5 atom stereocenters. The Bertz CT molecular complexity index is 1430. The molecule has 2 heterocycles. The van der Waals surface area contributed by atoms with Crippen LogP contribution in [0.2, 0.25) is 0 Å². The molecule has 352 valence electrons. The first-order valence-corrected chi connectivity index (χ1v) is 21.7. The van der Waals surface area contributed by atoms with E-state index in [1.165, 1.54) is 25.3 Å². The highest BCUT2D eigenvalue weighted by molar-refractivity contribution is 6.30. The minimum absolute atomic E-state index is 0.00881. The minimum atomic E-state index is -1.38. The van der Waals surface area contributed by atoms with Crippen molar-refractivity contribution in [3.63, 3.8) is 0 Å². The van der Waals surface area contributed by atoms with Crippen LogP contribution in [0, 0.1) is 0 Å². The van der Waals surface area contributed by atoms with Gasteiger partial charge in [-0.25, -0.2) is 0 Å². The van der Waals surface area contributed by atoms with Crippen LogP contribution in [0.15, 0.2) is 22.2 Å². The third-order valence-corrected chi connectivity index (χ3v) is 9.91. The Kier molecular flexibility index (Phi) is 28.8. The van der Waals surface area contributed by atoms with Crippen molar-refractivity contribution < 1.29 is 63.0 Å². The van der Waals surface area contributed by atoms with Gasteiger partial charge in [0.2, 0.25) is 23.6 Å². The molecular formula is C41H70N8O13. The van der Waals surface area contributed by atoms with E-state index < -0.39 is 43.0 Å². The molecule has 0 aromatic rings. The fourth-order valence-electron chi connectivity index (χ4n) is 6.55. The number of carbonyl (C=O) groups is 6. The maximum atomic E-state index is 12.1. The van der Waals surface area contributed by atoms with Crippen molar-refractivity contribution in [1.82, 2.24) is 26.2 Å². The van der Waals surface area contributed by atoms with E-state index in [0.717, 1.165) is 56.3 Å². The van der Waals surface area contributed by atoms with E-state index in [2.05, 4.69) is 31.4 Å². The minimum Gasteiger partial charge on any atom is -0.394 e. The van der Waals surface area contributed by atoms with E-state index in [1.807, 2.05) is 0 Å². The number of hydrazone groups is 1. The third kappa shape index (κ3) is 23.7. The Morgan fingerprint density at radius 2 is 1.24 bits per heavy atom. The number of aliphatic hydroxyl groups excluding tert-OH is 3. The number of rotatable bonds is 35. The summed E-state index contributed by atoms with van der Waals surface area (Å²) < 4.78 is 22.2. The molecule has 6 amide bonds. The molecule has 2 aliphatic heterocycles. The second-order valence-electron chi connectivity index (χ2n) is 14.9. The number of nitrogens with two attached hydrogens (primary N) is 1. The molecule has 2 rings (SSSR count). The Morgan fingerprint density at radius 1 is 0.726 bits per heavy atom. The van der Waals surface area contributed by atoms with E-state index in [0.29, 0.717) is 90.7 Å². The van der Waals surface area contributed by atoms with Crippen LogP contribution < -0.4 is 27.1 Å². The zero-order chi connectivity index (χ0) is 45.4. The summed E-state index contributed by atoms with van der Waals surface area (Å²) in [6.07, 6.45) is 8.90. The fraction of sp³-hybridized carbons (Fsp3) is 0.756.